The molecule has 35 heavy (non-hydrogen) atoms. The molecule has 7 nitrogen and oxygen atoms in total. The molecule has 0 spiro atoms. The Morgan fingerprint density at radius 3 is 2.71 bits per heavy atom. The lowest BCUT2D eigenvalue weighted by Crippen LogP contribution is -2.00. The molecule has 1 fully saturated rings. The maximum Gasteiger partial charge on any atom is 0.132 e. The van der Waals surface area contributed by atoms with Gasteiger partial charge in [-0.3, -0.25) is 4.98 Å². The number of benzene rings is 1. The van der Waals surface area contributed by atoms with Gasteiger partial charge in [0, 0.05) is 24.2 Å². The van der Waals surface area contributed by atoms with E-state index in [0.717, 1.165) is 33.7 Å². The maximum atomic E-state index is 9.20. The molecule has 172 valence electrons. The Morgan fingerprint density at radius 1 is 1.00 bits per heavy atom. The highest BCUT2D eigenvalue weighted by atomic mass is 35.5. The monoisotopic (exact) mass is 479 g/mol. The predicted octanol–water partition coefficient (Wildman–Crippen LogP) is 5.85. The second kappa shape index (κ2) is 9.53. The number of fused-ring (bicyclic) bond motifs is 1. The molecule has 0 bridgehead atoms. The number of nitriles is 1. The van der Waals surface area contributed by atoms with E-state index in [1.165, 1.54) is 18.4 Å². The van der Waals surface area contributed by atoms with Crippen LogP contribution in [0.5, 0.6) is 0 Å². The maximum absolute atomic E-state index is 9.20. The highest BCUT2D eigenvalue weighted by Gasteiger charge is 2.25. The van der Waals surface area contributed by atoms with E-state index in [1.54, 1.807) is 24.5 Å². The Bertz CT molecular complexity index is 1530. The van der Waals surface area contributed by atoms with Gasteiger partial charge in [-0.1, -0.05) is 12.1 Å². The number of nitrogens with zero attached hydrogens (tertiary/aromatic N) is 6. The normalized spacial score (nSPS) is 12.7. The van der Waals surface area contributed by atoms with Gasteiger partial charge in [0.05, 0.1) is 41.2 Å². The van der Waals surface area contributed by atoms with Crippen LogP contribution in [0.2, 0.25) is 0 Å². The van der Waals surface area contributed by atoms with Crippen molar-refractivity contribution in [2.24, 2.45) is 0 Å². The van der Waals surface area contributed by atoms with Crippen LogP contribution in [0.25, 0.3) is 22.3 Å². The molecule has 1 N–H and O–H groups in total. The van der Waals surface area contributed by atoms with Crippen LogP contribution in [0.1, 0.15) is 35.4 Å². The molecule has 4 heterocycles. The summed E-state index contributed by atoms with van der Waals surface area (Å²) in [6.07, 6.45) is 9.55. The minimum atomic E-state index is 0. The number of hydrogen-bond acceptors (Lipinski definition) is 6. The van der Waals surface area contributed by atoms with Gasteiger partial charge in [0.25, 0.3) is 0 Å². The Hall–Kier alpha value is -4.28. The zero-order valence-electron chi connectivity index (χ0n) is 18.8. The highest BCUT2D eigenvalue weighted by molar-refractivity contribution is 5.85. The topological polar surface area (TPSA) is 92.3 Å². The van der Waals surface area contributed by atoms with Crippen molar-refractivity contribution in [3.63, 3.8) is 0 Å². The van der Waals surface area contributed by atoms with Crippen molar-refractivity contribution in [3.05, 3.63) is 96.2 Å². The molecule has 0 saturated heterocycles. The van der Waals surface area contributed by atoms with E-state index in [4.69, 9.17) is 4.98 Å². The first-order valence-electron chi connectivity index (χ1n) is 11.2. The third-order valence-corrected chi connectivity index (χ3v) is 6.03. The van der Waals surface area contributed by atoms with E-state index in [-0.39, 0.29) is 12.4 Å². The van der Waals surface area contributed by atoms with Crippen LogP contribution in [0, 0.1) is 11.3 Å². The molecule has 0 amide bonds. The number of halogens is 1. The standard InChI is InChI=1S/C27H21N7.ClH/c28-14-18-7-9-30-26(10-18)33-27-13-22(20-3-4-20)11-24(32-27)21-5-6-23-25(12-21)34(17-31-23)16-19-2-1-8-29-15-19;/h1-2,5-13,15,17,20H,3-4,16H2,(H,30,32,33);1H. The van der Waals surface area contributed by atoms with E-state index >= 15 is 0 Å². The summed E-state index contributed by atoms with van der Waals surface area (Å²) in [4.78, 5) is 18.0. The van der Waals surface area contributed by atoms with E-state index < -0.39 is 0 Å². The Kier molecular flexibility index (Phi) is 6.13. The quantitative estimate of drug-likeness (QED) is 0.328. The highest BCUT2D eigenvalue weighted by Crippen LogP contribution is 2.42. The molecule has 0 unspecified atom stereocenters. The van der Waals surface area contributed by atoms with Gasteiger partial charge in [0.15, 0.2) is 0 Å². The smallest absolute Gasteiger partial charge is 0.132 e. The summed E-state index contributed by atoms with van der Waals surface area (Å²) in [6.45, 7) is 0.705. The average molecular weight is 480 g/mol. The fourth-order valence-corrected chi connectivity index (χ4v) is 4.15. The van der Waals surface area contributed by atoms with Crippen molar-refractivity contribution in [2.75, 3.05) is 5.32 Å². The van der Waals surface area contributed by atoms with Crippen LogP contribution in [0.3, 0.4) is 0 Å². The molecule has 0 aliphatic heterocycles. The van der Waals surface area contributed by atoms with Crippen molar-refractivity contribution in [1.82, 2.24) is 24.5 Å². The zero-order chi connectivity index (χ0) is 22.9. The largest absolute Gasteiger partial charge is 0.326 e. The van der Waals surface area contributed by atoms with E-state index in [9.17, 15) is 5.26 Å². The van der Waals surface area contributed by atoms with Crippen LogP contribution in [0.4, 0.5) is 11.6 Å². The molecule has 0 atom stereocenters. The summed E-state index contributed by atoms with van der Waals surface area (Å²) in [6, 6.07) is 20.1. The van der Waals surface area contributed by atoms with Gasteiger partial charge < -0.3 is 9.88 Å². The van der Waals surface area contributed by atoms with Gasteiger partial charge in [-0.25, -0.2) is 15.0 Å². The summed E-state index contributed by atoms with van der Waals surface area (Å²) >= 11 is 0. The van der Waals surface area contributed by atoms with Crippen LogP contribution < -0.4 is 5.32 Å². The van der Waals surface area contributed by atoms with Crippen LogP contribution in [0.15, 0.2) is 79.5 Å². The molecule has 1 aliphatic carbocycles. The van der Waals surface area contributed by atoms with Crippen molar-refractivity contribution < 1.29 is 0 Å². The Balaban J connectivity index is 0.00000253. The Labute approximate surface area is 208 Å². The molecule has 5 aromatic rings. The van der Waals surface area contributed by atoms with Gasteiger partial charge in [0.1, 0.15) is 11.6 Å². The zero-order valence-corrected chi connectivity index (χ0v) is 19.6. The number of nitrogens with one attached hydrogen (secondary N) is 1. The van der Waals surface area contributed by atoms with Crippen LogP contribution >= 0.6 is 12.4 Å². The van der Waals surface area contributed by atoms with Crippen LogP contribution in [-0.4, -0.2) is 24.5 Å². The van der Waals surface area contributed by atoms with Crippen molar-refractivity contribution in [2.45, 2.75) is 25.3 Å². The molecule has 8 heteroatoms. The third kappa shape index (κ3) is 4.84. The molecule has 1 saturated carbocycles. The van der Waals surface area contributed by atoms with Crippen molar-refractivity contribution in [1.29, 1.82) is 5.26 Å². The second-order valence-corrected chi connectivity index (χ2v) is 8.55. The van der Waals surface area contributed by atoms with E-state index in [2.05, 4.69) is 61.2 Å². The number of hydrogen-bond donors (Lipinski definition) is 1. The fourth-order valence-electron chi connectivity index (χ4n) is 4.15. The molecular formula is C27H22ClN7. The molecule has 1 aromatic carbocycles. The van der Waals surface area contributed by atoms with Crippen molar-refractivity contribution in [3.8, 4) is 17.3 Å². The lowest BCUT2D eigenvalue weighted by molar-refractivity contribution is 0.820. The summed E-state index contributed by atoms with van der Waals surface area (Å²) in [5, 5.41) is 12.5. The number of rotatable bonds is 6. The third-order valence-electron chi connectivity index (χ3n) is 6.03. The number of aromatic nitrogens is 5. The number of anilines is 2. The lowest BCUT2D eigenvalue weighted by Gasteiger charge is -2.11. The molecule has 1 aliphatic rings. The van der Waals surface area contributed by atoms with E-state index in [0.29, 0.717) is 23.8 Å². The number of pyridine rings is 3. The van der Waals surface area contributed by atoms with Gasteiger partial charge in [-0.05, 0) is 72.4 Å². The van der Waals surface area contributed by atoms with Gasteiger partial charge >= 0.3 is 0 Å². The van der Waals surface area contributed by atoms with Crippen molar-refractivity contribution >= 4 is 35.1 Å². The van der Waals surface area contributed by atoms with Gasteiger partial charge in [-0.2, -0.15) is 5.26 Å². The van der Waals surface area contributed by atoms with Gasteiger partial charge in [0.2, 0.25) is 0 Å². The Morgan fingerprint density at radius 2 is 1.91 bits per heavy atom. The molecule has 4 aromatic heterocycles. The summed E-state index contributed by atoms with van der Waals surface area (Å²) in [7, 11) is 0. The average Bonchev–Trinajstić information content (AvgIpc) is 3.66. The summed E-state index contributed by atoms with van der Waals surface area (Å²) in [5.74, 6) is 1.90. The first-order valence-corrected chi connectivity index (χ1v) is 11.2. The lowest BCUT2D eigenvalue weighted by atomic mass is 10.1. The van der Waals surface area contributed by atoms with E-state index in [1.807, 2.05) is 24.7 Å². The second-order valence-electron chi connectivity index (χ2n) is 8.55. The summed E-state index contributed by atoms with van der Waals surface area (Å²) in [5.41, 5.74) is 6.89. The summed E-state index contributed by atoms with van der Waals surface area (Å²) < 4.78 is 2.14. The SMILES string of the molecule is Cl.N#Cc1ccnc(Nc2cc(C3CC3)cc(-c3ccc4ncn(Cc5cccnc5)c4c3)n2)c1. The first kappa shape index (κ1) is 22.5. The fraction of sp³-hybridized carbons (Fsp3) is 0.148. The molecular weight excluding hydrogens is 458 g/mol. The van der Waals surface area contributed by atoms with Crippen LogP contribution in [-0.2, 0) is 6.54 Å². The first-order chi connectivity index (χ1) is 16.7. The number of imidazole rings is 1. The predicted molar refractivity (Wildman–Crippen MR) is 138 cm³/mol. The minimum absolute atomic E-state index is 0. The van der Waals surface area contributed by atoms with Gasteiger partial charge in [-0.15, -0.1) is 12.4 Å². The molecule has 0 radical (unpaired) electrons. The minimum Gasteiger partial charge on any atom is -0.326 e. The molecule has 6 rings (SSSR count).